The maximum Gasteiger partial charge on any atom is 0.244 e. The Morgan fingerprint density at radius 3 is 2.43 bits per heavy atom. The van der Waals surface area contributed by atoms with E-state index in [1.807, 2.05) is 18.2 Å². The fraction of sp³-hybridized carbons (Fsp3) is 0.533. The molecule has 0 spiro atoms. The number of nitrogens with one attached hydrogen (secondary N) is 1. The van der Waals surface area contributed by atoms with E-state index in [0.29, 0.717) is 0 Å². The second-order valence-electron chi connectivity index (χ2n) is 5.27. The summed E-state index contributed by atoms with van der Waals surface area (Å²) in [6, 6.07) is 8.01. The Kier molecular flexibility index (Phi) is 8.26. The highest BCUT2D eigenvalue weighted by Crippen LogP contribution is 2.33. The van der Waals surface area contributed by atoms with Crippen molar-refractivity contribution < 1.29 is 4.79 Å². The van der Waals surface area contributed by atoms with Crippen LogP contribution < -0.4 is 11.1 Å². The number of rotatable bonds is 6. The zero-order chi connectivity index (χ0) is 13.9. The maximum atomic E-state index is 11.9. The number of nitrogens with two attached hydrogens (primary N) is 1. The van der Waals surface area contributed by atoms with Crippen LogP contribution >= 0.6 is 24.8 Å². The molecule has 0 atom stereocenters. The summed E-state index contributed by atoms with van der Waals surface area (Å²) in [6.45, 7) is 7.27. The monoisotopic (exact) mass is 333 g/mol. The van der Waals surface area contributed by atoms with Gasteiger partial charge in [-0.3, -0.25) is 9.69 Å². The van der Waals surface area contributed by atoms with Gasteiger partial charge in [-0.05, 0) is 43.6 Å². The molecular formula is C15H25Cl2N3O. The molecule has 0 unspecified atom stereocenters. The van der Waals surface area contributed by atoms with E-state index in [1.54, 1.807) is 0 Å². The van der Waals surface area contributed by atoms with Crippen molar-refractivity contribution in [3.05, 3.63) is 29.8 Å². The van der Waals surface area contributed by atoms with E-state index in [0.717, 1.165) is 38.2 Å². The minimum Gasteiger partial charge on any atom is -0.324 e. The molecule has 21 heavy (non-hydrogen) atoms. The van der Waals surface area contributed by atoms with Gasteiger partial charge in [0.05, 0.1) is 5.54 Å². The average Bonchev–Trinajstić information content (AvgIpc) is 3.16. The maximum absolute atomic E-state index is 11.9. The number of carbonyl (C=O) groups is 1. The first-order chi connectivity index (χ1) is 9.07. The summed E-state index contributed by atoms with van der Waals surface area (Å²) in [6.07, 6.45) is 1.58. The van der Waals surface area contributed by atoms with Crippen molar-refractivity contribution in [2.45, 2.75) is 38.8 Å². The predicted molar refractivity (Wildman–Crippen MR) is 92.3 cm³/mol. The minimum absolute atomic E-state index is 0. The van der Waals surface area contributed by atoms with E-state index in [-0.39, 0.29) is 30.7 Å². The first-order valence-electron chi connectivity index (χ1n) is 6.99. The number of hydrogen-bond acceptors (Lipinski definition) is 3. The number of amides is 1. The molecule has 0 saturated heterocycles. The van der Waals surface area contributed by atoms with Crippen LogP contribution in [-0.4, -0.2) is 29.4 Å². The molecule has 0 aromatic heterocycles. The molecule has 1 fully saturated rings. The smallest absolute Gasteiger partial charge is 0.244 e. The predicted octanol–water partition coefficient (Wildman–Crippen LogP) is 2.80. The molecule has 6 heteroatoms. The van der Waals surface area contributed by atoms with Crippen LogP contribution in [0.1, 0.15) is 32.3 Å². The summed E-state index contributed by atoms with van der Waals surface area (Å²) in [5, 5.41) is 2.91. The van der Waals surface area contributed by atoms with E-state index in [4.69, 9.17) is 5.73 Å². The molecule has 1 saturated carbocycles. The highest BCUT2D eigenvalue weighted by molar-refractivity contribution is 6.00. The Labute approximate surface area is 139 Å². The van der Waals surface area contributed by atoms with Gasteiger partial charge in [-0.15, -0.1) is 24.8 Å². The van der Waals surface area contributed by atoms with Crippen molar-refractivity contribution in [3.63, 3.8) is 0 Å². The third kappa shape index (κ3) is 5.47. The van der Waals surface area contributed by atoms with Crippen molar-refractivity contribution in [2.24, 2.45) is 5.73 Å². The molecule has 4 nitrogen and oxygen atoms in total. The normalized spacial score (nSPS) is 14.9. The van der Waals surface area contributed by atoms with Gasteiger partial charge < -0.3 is 11.1 Å². The van der Waals surface area contributed by atoms with E-state index >= 15 is 0 Å². The van der Waals surface area contributed by atoms with Gasteiger partial charge in [-0.1, -0.05) is 26.0 Å². The Morgan fingerprint density at radius 2 is 1.90 bits per heavy atom. The van der Waals surface area contributed by atoms with Crippen LogP contribution in [0.2, 0.25) is 0 Å². The number of carbonyl (C=O) groups excluding carboxylic acids is 1. The molecule has 1 amide bonds. The van der Waals surface area contributed by atoms with Crippen LogP contribution in [0.15, 0.2) is 24.3 Å². The summed E-state index contributed by atoms with van der Waals surface area (Å²) in [4.78, 5) is 14.2. The number of nitrogens with zero attached hydrogens (tertiary/aromatic N) is 1. The molecule has 0 bridgehead atoms. The van der Waals surface area contributed by atoms with Gasteiger partial charge in [0.15, 0.2) is 0 Å². The zero-order valence-corrected chi connectivity index (χ0v) is 14.2. The lowest BCUT2D eigenvalue weighted by molar-refractivity contribution is -0.118. The van der Waals surface area contributed by atoms with Crippen LogP contribution in [0, 0.1) is 0 Å². The standard InChI is InChI=1S/C15H23N3O.2ClH/c1-3-18(4-2)11-12-6-5-7-13(10-12)17-14(19)15(16)8-9-15;;/h5-7,10H,3-4,8-9,11,16H2,1-2H3,(H,17,19);2*1H. The Bertz CT molecular complexity index is 460. The van der Waals surface area contributed by atoms with E-state index in [1.165, 1.54) is 5.56 Å². The van der Waals surface area contributed by atoms with E-state index in [9.17, 15) is 4.79 Å². The molecule has 1 aliphatic carbocycles. The van der Waals surface area contributed by atoms with Crippen molar-refractivity contribution in [1.29, 1.82) is 0 Å². The largest absolute Gasteiger partial charge is 0.324 e. The second kappa shape index (κ2) is 8.59. The topological polar surface area (TPSA) is 58.4 Å². The number of halogens is 2. The second-order valence-corrected chi connectivity index (χ2v) is 5.27. The fourth-order valence-electron chi connectivity index (χ4n) is 2.07. The van der Waals surface area contributed by atoms with Crippen molar-refractivity contribution in [3.8, 4) is 0 Å². The number of anilines is 1. The highest BCUT2D eigenvalue weighted by Gasteiger charge is 2.45. The summed E-state index contributed by atoms with van der Waals surface area (Å²) < 4.78 is 0. The molecule has 120 valence electrons. The third-order valence-electron chi connectivity index (χ3n) is 3.73. The van der Waals surface area contributed by atoms with Gasteiger partial charge in [0.25, 0.3) is 0 Å². The Morgan fingerprint density at radius 1 is 1.29 bits per heavy atom. The SMILES string of the molecule is CCN(CC)Cc1cccc(NC(=O)C2(N)CC2)c1.Cl.Cl. The van der Waals surface area contributed by atoms with Gasteiger partial charge >= 0.3 is 0 Å². The third-order valence-corrected chi connectivity index (χ3v) is 3.73. The van der Waals surface area contributed by atoms with Crippen molar-refractivity contribution in [2.75, 3.05) is 18.4 Å². The quantitative estimate of drug-likeness (QED) is 0.841. The van der Waals surface area contributed by atoms with E-state index in [2.05, 4.69) is 30.1 Å². The van der Waals surface area contributed by atoms with Crippen molar-refractivity contribution in [1.82, 2.24) is 4.90 Å². The molecule has 1 aliphatic rings. The number of benzene rings is 1. The van der Waals surface area contributed by atoms with Crippen LogP contribution in [-0.2, 0) is 11.3 Å². The lowest BCUT2D eigenvalue weighted by Crippen LogP contribution is -2.37. The van der Waals surface area contributed by atoms with Gasteiger partial charge in [-0.25, -0.2) is 0 Å². The molecule has 2 rings (SSSR count). The van der Waals surface area contributed by atoms with Crippen LogP contribution in [0.4, 0.5) is 5.69 Å². The molecule has 0 heterocycles. The Balaban J connectivity index is 0.00000200. The van der Waals surface area contributed by atoms with Gasteiger partial charge in [0.1, 0.15) is 0 Å². The molecule has 1 aromatic carbocycles. The lowest BCUT2D eigenvalue weighted by Gasteiger charge is -2.18. The summed E-state index contributed by atoms with van der Waals surface area (Å²) in [5.41, 5.74) is 7.31. The molecule has 1 aromatic rings. The molecule has 0 radical (unpaired) electrons. The van der Waals surface area contributed by atoms with Crippen LogP contribution in [0.3, 0.4) is 0 Å². The average molecular weight is 334 g/mol. The van der Waals surface area contributed by atoms with Crippen LogP contribution in [0.5, 0.6) is 0 Å². The molecule has 0 aliphatic heterocycles. The fourth-order valence-corrected chi connectivity index (χ4v) is 2.07. The zero-order valence-electron chi connectivity index (χ0n) is 12.6. The summed E-state index contributed by atoms with van der Waals surface area (Å²) >= 11 is 0. The first kappa shape index (κ1) is 20.2. The van der Waals surface area contributed by atoms with Crippen molar-refractivity contribution >= 4 is 36.4 Å². The van der Waals surface area contributed by atoms with Gasteiger partial charge in [-0.2, -0.15) is 0 Å². The van der Waals surface area contributed by atoms with E-state index < -0.39 is 5.54 Å². The minimum atomic E-state index is -0.616. The first-order valence-corrected chi connectivity index (χ1v) is 6.99. The lowest BCUT2D eigenvalue weighted by atomic mass is 10.1. The Hall–Kier alpha value is -0.810. The van der Waals surface area contributed by atoms with Gasteiger partial charge in [0, 0.05) is 12.2 Å². The van der Waals surface area contributed by atoms with Gasteiger partial charge in [0.2, 0.25) is 5.91 Å². The summed E-state index contributed by atoms with van der Waals surface area (Å²) in [7, 11) is 0. The van der Waals surface area contributed by atoms with Crippen LogP contribution in [0.25, 0.3) is 0 Å². The number of hydrogen-bond donors (Lipinski definition) is 2. The highest BCUT2D eigenvalue weighted by atomic mass is 35.5. The molecule has 3 N–H and O–H groups in total. The summed E-state index contributed by atoms with van der Waals surface area (Å²) in [5.74, 6) is -0.0625. The molecular weight excluding hydrogens is 309 g/mol.